The molecule has 1 aliphatic rings. The fraction of sp³-hybridized carbons (Fsp3) is 0.207. The molecule has 0 spiro atoms. The molecule has 1 amide bonds. The van der Waals surface area contributed by atoms with Crippen LogP contribution in [0, 0.1) is 0 Å². The van der Waals surface area contributed by atoms with Gasteiger partial charge in [0, 0.05) is 67.7 Å². The average molecular weight is 523 g/mol. The van der Waals surface area contributed by atoms with E-state index in [1.165, 1.54) is 0 Å². The quantitative estimate of drug-likeness (QED) is 0.282. The molecule has 1 fully saturated rings. The van der Waals surface area contributed by atoms with Gasteiger partial charge < -0.3 is 25.6 Å². The predicted octanol–water partition coefficient (Wildman–Crippen LogP) is 3.89. The number of nitrogens with zero attached hydrogens (tertiary/aromatic N) is 5. The lowest BCUT2D eigenvalue weighted by atomic mass is 10.1. The topological polar surface area (TPSA) is 117 Å². The van der Waals surface area contributed by atoms with Crippen LogP contribution in [0.1, 0.15) is 11.1 Å². The van der Waals surface area contributed by atoms with Crippen LogP contribution in [-0.2, 0) is 16.0 Å². The fourth-order valence-electron chi connectivity index (χ4n) is 4.27. The van der Waals surface area contributed by atoms with Gasteiger partial charge in [0.15, 0.2) is 0 Å². The monoisotopic (exact) mass is 522 g/mol. The number of piperazine rings is 1. The van der Waals surface area contributed by atoms with Crippen LogP contribution < -0.4 is 20.9 Å². The van der Waals surface area contributed by atoms with Crippen LogP contribution in [0.2, 0.25) is 0 Å². The van der Waals surface area contributed by atoms with Crippen LogP contribution in [0.25, 0.3) is 17.0 Å². The van der Waals surface area contributed by atoms with Gasteiger partial charge in [0.05, 0.1) is 25.4 Å². The molecule has 5 rings (SSSR count). The lowest BCUT2D eigenvalue weighted by Gasteiger charge is -2.28. The molecule has 10 heteroatoms. The summed E-state index contributed by atoms with van der Waals surface area (Å²) < 4.78 is 5.18. The number of rotatable bonds is 9. The van der Waals surface area contributed by atoms with Crippen molar-refractivity contribution in [2.24, 2.45) is 0 Å². The second kappa shape index (κ2) is 12.1. The van der Waals surface area contributed by atoms with Crippen molar-refractivity contribution in [3.05, 3.63) is 91.0 Å². The minimum atomic E-state index is -0.146. The van der Waals surface area contributed by atoms with E-state index in [0.29, 0.717) is 28.8 Å². The molecule has 0 radical (unpaired) electrons. The third-order valence-electron chi connectivity index (χ3n) is 6.30. The van der Waals surface area contributed by atoms with Gasteiger partial charge >= 0.3 is 0 Å². The maximum absolute atomic E-state index is 13.0. The average Bonchev–Trinajstić information content (AvgIpc) is 2.98. The molecule has 1 aliphatic heterocycles. The van der Waals surface area contributed by atoms with E-state index in [0.717, 1.165) is 48.7 Å². The van der Waals surface area contributed by atoms with E-state index in [4.69, 9.17) is 9.72 Å². The molecule has 3 aromatic heterocycles. The van der Waals surface area contributed by atoms with E-state index >= 15 is 0 Å². The van der Waals surface area contributed by atoms with Crippen LogP contribution in [-0.4, -0.2) is 59.1 Å². The first kappa shape index (κ1) is 25.8. The largest absolute Gasteiger partial charge is 0.497 e. The Morgan fingerprint density at radius 1 is 1.03 bits per heavy atom. The van der Waals surface area contributed by atoms with Gasteiger partial charge in [0.2, 0.25) is 5.91 Å². The predicted molar refractivity (Wildman–Crippen MR) is 153 cm³/mol. The summed E-state index contributed by atoms with van der Waals surface area (Å²) in [6.07, 6.45) is 6.82. The smallest absolute Gasteiger partial charge is 0.228 e. The van der Waals surface area contributed by atoms with Crippen molar-refractivity contribution in [3.8, 4) is 11.3 Å². The zero-order valence-corrected chi connectivity index (χ0v) is 21.7. The van der Waals surface area contributed by atoms with Crippen LogP contribution in [0.5, 0.6) is 0 Å². The number of methoxy groups -OCH3 is 1. The first-order chi connectivity index (χ1) is 19.1. The van der Waals surface area contributed by atoms with Crippen molar-refractivity contribution >= 4 is 34.8 Å². The Balaban J connectivity index is 1.39. The van der Waals surface area contributed by atoms with Gasteiger partial charge in [-0.2, -0.15) is 0 Å². The molecule has 3 N–H and O–H groups in total. The summed E-state index contributed by atoms with van der Waals surface area (Å²) in [6.45, 7) is 7.48. The van der Waals surface area contributed by atoms with Gasteiger partial charge in [0.25, 0.3) is 0 Å². The zero-order chi connectivity index (χ0) is 27.0. The molecule has 0 bridgehead atoms. The molecule has 198 valence electrons. The van der Waals surface area contributed by atoms with Crippen LogP contribution in [0.4, 0.5) is 23.1 Å². The molecule has 0 unspecified atom stereocenters. The van der Waals surface area contributed by atoms with E-state index < -0.39 is 0 Å². The number of benzene rings is 1. The Hall–Kier alpha value is -4.83. The highest BCUT2D eigenvalue weighted by molar-refractivity contribution is 5.93. The van der Waals surface area contributed by atoms with E-state index in [-0.39, 0.29) is 12.3 Å². The van der Waals surface area contributed by atoms with Crippen molar-refractivity contribution in [3.63, 3.8) is 0 Å². The maximum Gasteiger partial charge on any atom is 0.228 e. The highest BCUT2D eigenvalue weighted by Crippen LogP contribution is 2.27. The number of hydrogen-bond acceptors (Lipinski definition) is 9. The summed E-state index contributed by atoms with van der Waals surface area (Å²) in [5, 5.41) is 9.57. The van der Waals surface area contributed by atoms with E-state index in [9.17, 15) is 4.79 Å². The molecule has 4 heterocycles. The van der Waals surface area contributed by atoms with E-state index in [1.807, 2.05) is 42.5 Å². The molecule has 0 aliphatic carbocycles. The van der Waals surface area contributed by atoms with Gasteiger partial charge in [-0.05, 0) is 23.8 Å². The van der Waals surface area contributed by atoms with Crippen molar-refractivity contribution in [1.29, 1.82) is 0 Å². The number of hydrogen-bond donors (Lipinski definition) is 3. The summed E-state index contributed by atoms with van der Waals surface area (Å²) >= 11 is 0. The Labute approximate surface area is 227 Å². The second-order valence-electron chi connectivity index (χ2n) is 9.03. The molecular formula is C29H30N8O2. The van der Waals surface area contributed by atoms with Crippen molar-refractivity contribution < 1.29 is 9.53 Å². The summed E-state index contributed by atoms with van der Waals surface area (Å²) in [5.74, 6) is 2.41. The van der Waals surface area contributed by atoms with Crippen LogP contribution in [0.3, 0.4) is 0 Å². The molecule has 1 aromatic carbocycles. The number of anilines is 4. The molecule has 0 atom stereocenters. The Morgan fingerprint density at radius 3 is 2.59 bits per heavy atom. The van der Waals surface area contributed by atoms with Crippen molar-refractivity contribution in [2.75, 3.05) is 48.8 Å². The molecule has 0 saturated carbocycles. The Morgan fingerprint density at radius 2 is 1.85 bits per heavy atom. The number of ether oxygens (including phenoxy) is 1. The minimum Gasteiger partial charge on any atom is -0.497 e. The molecule has 1 saturated heterocycles. The number of pyridine rings is 2. The lowest BCUT2D eigenvalue weighted by Crippen LogP contribution is -2.43. The number of nitrogens with one attached hydrogen (secondary N) is 3. The summed E-state index contributed by atoms with van der Waals surface area (Å²) in [6, 6.07) is 15.2. The van der Waals surface area contributed by atoms with Crippen LogP contribution in [0.15, 0.2) is 79.9 Å². The first-order valence-electron chi connectivity index (χ1n) is 12.7. The molecule has 10 nitrogen and oxygen atoms in total. The molecular weight excluding hydrogens is 492 g/mol. The highest BCUT2D eigenvalue weighted by atomic mass is 16.5. The zero-order valence-electron chi connectivity index (χ0n) is 21.7. The third kappa shape index (κ3) is 6.74. The second-order valence-corrected chi connectivity index (χ2v) is 9.03. The third-order valence-corrected chi connectivity index (χ3v) is 6.30. The summed E-state index contributed by atoms with van der Waals surface area (Å²) in [5.41, 5.74) is 3.95. The van der Waals surface area contributed by atoms with Gasteiger partial charge in [-0.3, -0.25) is 9.78 Å². The van der Waals surface area contributed by atoms with E-state index in [2.05, 4.69) is 42.4 Å². The first-order valence-corrected chi connectivity index (χ1v) is 12.7. The van der Waals surface area contributed by atoms with Gasteiger partial charge in [-0.1, -0.05) is 30.8 Å². The van der Waals surface area contributed by atoms with Crippen molar-refractivity contribution in [2.45, 2.75) is 6.42 Å². The lowest BCUT2D eigenvalue weighted by molar-refractivity contribution is -0.115. The highest BCUT2D eigenvalue weighted by Gasteiger charge is 2.14. The Kier molecular flexibility index (Phi) is 8.03. The van der Waals surface area contributed by atoms with Crippen LogP contribution >= 0.6 is 0 Å². The number of carbonyl (C=O) groups is 1. The Bertz CT molecular complexity index is 1440. The van der Waals surface area contributed by atoms with E-state index in [1.54, 1.807) is 38.0 Å². The van der Waals surface area contributed by atoms with Crippen molar-refractivity contribution in [1.82, 2.24) is 25.3 Å². The standard InChI is InChI=1S/C29H30N8O2/c1-20(39-2)22-5-3-21(4-6-22)15-29(38)34-24-17-25(35-26(18-24)36-27-19-31-9-10-32-27)23-7-8-33-28(16-23)37-13-11-30-12-14-37/h3-10,16-19,30H,1,11-15H2,2H3,(H2,32,34,35,36,38). The molecule has 4 aromatic rings. The number of aromatic nitrogens is 4. The van der Waals surface area contributed by atoms with Gasteiger partial charge in [0.1, 0.15) is 23.2 Å². The summed E-state index contributed by atoms with van der Waals surface area (Å²) in [4.78, 5) is 33.0. The molecule has 39 heavy (non-hydrogen) atoms. The minimum absolute atomic E-state index is 0.146. The number of carbonyl (C=O) groups excluding carboxylic acids is 1. The summed E-state index contributed by atoms with van der Waals surface area (Å²) in [7, 11) is 1.58. The fourth-order valence-corrected chi connectivity index (χ4v) is 4.27. The SMILES string of the molecule is C=C(OC)c1ccc(CC(=O)Nc2cc(Nc3cnccn3)nc(-c3ccnc(N4CCNCC4)c3)c2)cc1. The normalized spacial score (nSPS) is 13.0. The number of amides is 1. The van der Waals surface area contributed by atoms with Gasteiger partial charge in [-0.25, -0.2) is 15.0 Å². The van der Waals surface area contributed by atoms with Gasteiger partial charge in [-0.15, -0.1) is 0 Å². The maximum atomic E-state index is 13.0.